The SMILES string of the molecule is Nc1ccc(NS(=O)(=O)NC2CC2)cc1Cl. The summed E-state index contributed by atoms with van der Waals surface area (Å²) >= 11 is 5.78. The maximum Gasteiger partial charge on any atom is 0.299 e. The second kappa shape index (κ2) is 4.12. The van der Waals surface area contributed by atoms with Gasteiger partial charge in [-0.2, -0.15) is 13.1 Å². The van der Waals surface area contributed by atoms with Gasteiger partial charge in [0.15, 0.2) is 0 Å². The highest BCUT2D eigenvalue weighted by Gasteiger charge is 2.26. The van der Waals surface area contributed by atoms with E-state index in [-0.39, 0.29) is 6.04 Å². The lowest BCUT2D eigenvalue weighted by Gasteiger charge is -2.09. The van der Waals surface area contributed by atoms with Crippen LogP contribution in [0.3, 0.4) is 0 Å². The Morgan fingerprint density at radius 2 is 2.06 bits per heavy atom. The van der Waals surface area contributed by atoms with E-state index in [1.165, 1.54) is 6.07 Å². The largest absolute Gasteiger partial charge is 0.398 e. The third-order valence-electron chi connectivity index (χ3n) is 2.15. The molecule has 88 valence electrons. The lowest BCUT2D eigenvalue weighted by molar-refractivity contribution is 0.586. The van der Waals surface area contributed by atoms with Crippen LogP contribution in [0.2, 0.25) is 5.02 Å². The Hall–Kier alpha value is -0.980. The molecule has 1 saturated carbocycles. The molecule has 0 saturated heterocycles. The molecule has 1 fully saturated rings. The van der Waals surface area contributed by atoms with Crippen molar-refractivity contribution >= 4 is 33.2 Å². The average Bonchev–Trinajstić information content (AvgIpc) is 2.94. The van der Waals surface area contributed by atoms with Gasteiger partial charge in [0, 0.05) is 6.04 Å². The van der Waals surface area contributed by atoms with Crippen LogP contribution < -0.4 is 15.2 Å². The fourth-order valence-corrected chi connectivity index (χ4v) is 2.55. The Bertz CT molecular complexity index is 499. The summed E-state index contributed by atoms with van der Waals surface area (Å²) in [5.74, 6) is 0. The zero-order valence-corrected chi connectivity index (χ0v) is 9.98. The highest BCUT2D eigenvalue weighted by Crippen LogP contribution is 2.24. The van der Waals surface area contributed by atoms with Crippen LogP contribution in [0.15, 0.2) is 18.2 Å². The number of hydrogen-bond donors (Lipinski definition) is 3. The fraction of sp³-hybridized carbons (Fsp3) is 0.333. The summed E-state index contributed by atoms with van der Waals surface area (Å²) in [5, 5.41) is 0.326. The third kappa shape index (κ3) is 3.01. The minimum Gasteiger partial charge on any atom is -0.398 e. The number of halogens is 1. The van der Waals surface area contributed by atoms with Crippen LogP contribution in [0.25, 0.3) is 0 Å². The third-order valence-corrected chi connectivity index (χ3v) is 3.63. The number of hydrogen-bond acceptors (Lipinski definition) is 3. The Kier molecular flexibility index (Phi) is 2.96. The fourth-order valence-electron chi connectivity index (χ4n) is 1.20. The van der Waals surface area contributed by atoms with Gasteiger partial charge in [0.05, 0.1) is 16.4 Å². The predicted octanol–water partition coefficient (Wildman–Crippen LogP) is 1.33. The standard InChI is InChI=1S/C9H12ClN3O2S/c10-8-5-7(3-4-9(8)11)13-16(14,15)12-6-1-2-6/h3-6,12-13H,1-2,11H2. The van der Waals surface area contributed by atoms with Crippen molar-refractivity contribution in [2.24, 2.45) is 0 Å². The zero-order valence-electron chi connectivity index (χ0n) is 8.40. The van der Waals surface area contributed by atoms with Crippen molar-refractivity contribution in [1.29, 1.82) is 0 Å². The lowest BCUT2D eigenvalue weighted by atomic mass is 10.3. The van der Waals surface area contributed by atoms with E-state index >= 15 is 0 Å². The molecule has 0 spiro atoms. The van der Waals surface area contributed by atoms with Gasteiger partial charge in [-0.1, -0.05) is 11.6 Å². The molecule has 0 aliphatic heterocycles. The summed E-state index contributed by atoms with van der Waals surface area (Å²) in [4.78, 5) is 0. The van der Waals surface area contributed by atoms with Crippen molar-refractivity contribution in [3.05, 3.63) is 23.2 Å². The van der Waals surface area contributed by atoms with E-state index < -0.39 is 10.2 Å². The molecule has 0 heterocycles. The molecule has 1 aromatic rings. The molecular formula is C9H12ClN3O2S. The topological polar surface area (TPSA) is 84.2 Å². The molecule has 0 atom stereocenters. The first kappa shape index (κ1) is 11.5. The van der Waals surface area contributed by atoms with E-state index in [0.717, 1.165) is 12.8 Å². The second-order valence-electron chi connectivity index (χ2n) is 3.73. The Balaban J connectivity index is 2.10. The molecule has 5 nitrogen and oxygen atoms in total. The molecule has 1 aliphatic carbocycles. The number of benzene rings is 1. The summed E-state index contributed by atoms with van der Waals surface area (Å²) in [6, 6.07) is 4.66. The minimum atomic E-state index is -3.50. The van der Waals surface area contributed by atoms with E-state index in [1.807, 2.05) is 0 Å². The van der Waals surface area contributed by atoms with Crippen molar-refractivity contribution in [1.82, 2.24) is 4.72 Å². The molecule has 0 bridgehead atoms. The lowest BCUT2D eigenvalue weighted by Crippen LogP contribution is -2.31. The summed E-state index contributed by atoms with van der Waals surface area (Å²) in [7, 11) is -3.50. The summed E-state index contributed by atoms with van der Waals surface area (Å²) < 4.78 is 28.0. The second-order valence-corrected chi connectivity index (χ2v) is 5.59. The summed E-state index contributed by atoms with van der Waals surface area (Å²) in [6.07, 6.45) is 1.78. The van der Waals surface area contributed by atoms with Gasteiger partial charge >= 0.3 is 0 Å². The van der Waals surface area contributed by atoms with Crippen molar-refractivity contribution in [3.8, 4) is 0 Å². The van der Waals surface area contributed by atoms with Crippen LogP contribution in [0.5, 0.6) is 0 Å². The summed E-state index contributed by atoms with van der Waals surface area (Å²) in [5.41, 5.74) is 6.33. The molecule has 16 heavy (non-hydrogen) atoms. The molecule has 0 amide bonds. The molecule has 0 aromatic heterocycles. The number of anilines is 2. The van der Waals surface area contributed by atoms with Gasteiger partial charge < -0.3 is 5.73 Å². The Labute approximate surface area is 99.2 Å². The molecule has 0 unspecified atom stereocenters. The van der Waals surface area contributed by atoms with Gasteiger partial charge in [-0.3, -0.25) is 4.72 Å². The van der Waals surface area contributed by atoms with E-state index in [2.05, 4.69) is 9.44 Å². The highest BCUT2D eigenvalue weighted by atomic mass is 35.5. The van der Waals surface area contributed by atoms with Crippen LogP contribution in [0.1, 0.15) is 12.8 Å². The van der Waals surface area contributed by atoms with Gasteiger partial charge in [-0.15, -0.1) is 0 Å². The van der Waals surface area contributed by atoms with E-state index in [0.29, 0.717) is 16.4 Å². The molecule has 2 rings (SSSR count). The van der Waals surface area contributed by atoms with Gasteiger partial charge in [0.25, 0.3) is 10.2 Å². The van der Waals surface area contributed by atoms with Crippen LogP contribution in [-0.2, 0) is 10.2 Å². The van der Waals surface area contributed by atoms with Crippen LogP contribution in [-0.4, -0.2) is 14.5 Å². The van der Waals surface area contributed by atoms with Crippen molar-refractivity contribution < 1.29 is 8.42 Å². The first-order valence-corrected chi connectivity index (χ1v) is 6.67. The van der Waals surface area contributed by atoms with E-state index in [4.69, 9.17) is 17.3 Å². The van der Waals surface area contributed by atoms with Crippen molar-refractivity contribution in [2.75, 3.05) is 10.5 Å². The minimum absolute atomic E-state index is 0.0711. The molecule has 4 N–H and O–H groups in total. The van der Waals surface area contributed by atoms with Crippen LogP contribution in [0, 0.1) is 0 Å². The van der Waals surface area contributed by atoms with Gasteiger partial charge in [0.1, 0.15) is 0 Å². The molecule has 1 aromatic carbocycles. The van der Waals surface area contributed by atoms with E-state index in [9.17, 15) is 8.42 Å². The van der Waals surface area contributed by atoms with Crippen LogP contribution >= 0.6 is 11.6 Å². The zero-order chi connectivity index (χ0) is 11.8. The van der Waals surface area contributed by atoms with Gasteiger partial charge in [0.2, 0.25) is 0 Å². The molecule has 0 radical (unpaired) electrons. The number of nitrogens with one attached hydrogen (secondary N) is 2. The van der Waals surface area contributed by atoms with Crippen LogP contribution in [0.4, 0.5) is 11.4 Å². The molecular weight excluding hydrogens is 250 g/mol. The monoisotopic (exact) mass is 261 g/mol. The smallest absolute Gasteiger partial charge is 0.299 e. The number of nitrogens with two attached hydrogens (primary N) is 1. The first-order valence-electron chi connectivity index (χ1n) is 4.81. The summed E-state index contributed by atoms with van der Waals surface area (Å²) in [6.45, 7) is 0. The van der Waals surface area contributed by atoms with Crippen molar-refractivity contribution in [3.63, 3.8) is 0 Å². The molecule has 7 heteroatoms. The maximum absolute atomic E-state index is 11.6. The predicted molar refractivity (Wildman–Crippen MR) is 64.6 cm³/mol. The quantitative estimate of drug-likeness (QED) is 0.715. The number of rotatable bonds is 4. The normalized spacial score (nSPS) is 16.1. The van der Waals surface area contributed by atoms with Gasteiger partial charge in [-0.25, -0.2) is 0 Å². The Morgan fingerprint density at radius 1 is 1.38 bits per heavy atom. The highest BCUT2D eigenvalue weighted by molar-refractivity contribution is 7.90. The molecule has 1 aliphatic rings. The first-order chi connectivity index (χ1) is 7.46. The van der Waals surface area contributed by atoms with Gasteiger partial charge in [-0.05, 0) is 31.0 Å². The maximum atomic E-state index is 11.6. The Morgan fingerprint density at radius 3 is 2.62 bits per heavy atom. The number of nitrogen functional groups attached to an aromatic ring is 1. The average molecular weight is 262 g/mol. The van der Waals surface area contributed by atoms with Crippen molar-refractivity contribution in [2.45, 2.75) is 18.9 Å². The van der Waals surface area contributed by atoms with E-state index in [1.54, 1.807) is 12.1 Å².